The van der Waals surface area contributed by atoms with Gasteiger partial charge in [0, 0.05) is 11.4 Å². The van der Waals surface area contributed by atoms with Crippen LogP contribution < -0.4 is 5.32 Å². The average Bonchev–Trinajstić information content (AvgIpc) is 2.76. The Balaban J connectivity index is 2.19. The van der Waals surface area contributed by atoms with Gasteiger partial charge >= 0.3 is 0 Å². The van der Waals surface area contributed by atoms with E-state index in [1.165, 1.54) is 10.5 Å². The Morgan fingerprint density at radius 3 is 2.47 bits per heavy atom. The lowest BCUT2D eigenvalue weighted by atomic mass is 10.1. The fourth-order valence-electron chi connectivity index (χ4n) is 2.58. The average molecular weight is 278 g/mol. The maximum atomic E-state index is 12.3. The summed E-state index contributed by atoms with van der Waals surface area (Å²) >= 11 is 1.73. The third kappa shape index (κ3) is 2.95. The van der Waals surface area contributed by atoms with Gasteiger partial charge in [-0.05, 0) is 37.3 Å². The quantitative estimate of drug-likeness (QED) is 0.840. The van der Waals surface area contributed by atoms with Crippen molar-refractivity contribution in [3.8, 4) is 0 Å². The van der Waals surface area contributed by atoms with Gasteiger partial charge in [0.05, 0.1) is 6.04 Å². The minimum absolute atomic E-state index is 0.0184. The van der Waals surface area contributed by atoms with Gasteiger partial charge in [-0.1, -0.05) is 25.5 Å². The van der Waals surface area contributed by atoms with Crippen molar-refractivity contribution >= 4 is 17.7 Å². The highest BCUT2D eigenvalue weighted by Crippen LogP contribution is 2.28. The molecule has 0 saturated carbocycles. The van der Waals surface area contributed by atoms with Crippen molar-refractivity contribution in [1.29, 1.82) is 0 Å². The van der Waals surface area contributed by atoms with Crippen molar-refractivity contribution in [1.82, 2.24) is 10.2 Å². The molecule has 1 saturated heterocycles. The molecular weight excluding hydrogens is 256 g/mol. The van der Waals surface area contributed by atoms with Crippen LogP contribution in [-0.2, 0) is 4.79 Å². The van der Waals surface area contributed by atoms with E-state index in [1.54, 1.807) is 11.8 Å². The van der Waals surface area contributed by atoms with Crippen LogP contribution in [0.25, 0.3) is 0 Å². The van der Waals surface area contributed by atoms with Crippen molar-refractivity contribution in [2.45, 2.75) is 43.8 Å². The molecule has 1 fully saturated rings. The van der Waals surface area contributed by atoms with Gasteiger partial charge in [-0.25, -0.2) is 0 Å². The van der Waals surface area contributed by atoms with E-state index in [-0.39, 0.29) is 18.1 Å². The van der Waals surface area contributed by atoms with Crippen molar-refractivity contribution < 1.29 is 4.79 Å². The monoisotopic (exact) mass is 278 g/mol. The molecule has 1 aliphatic heterocycles. The van der Waals surface area contributed by atoms with Gasteiger partial charge in [-0.2, -0.15) is 0 Å². The molecular formula is C15H22N2OS. The predicted octanol–water partition coefficient (Wildman–Crippen LogP) is 3.03. The lowest BCUT2D eigenvalue weighted by molar-refractivity contribution is -0.130. The molecule has 1 aliphatic rings. The molecule has 0 bridgehead atoms. The summed E-state index contributed by atoms with van der Waals surface area (Å²) in [5, 5.41) is 3.47. The van der Waals surface area contributed by atoms with Crippen LogP contribution >= 0.6 is 11.8 Å². The van der Waals surface area contributed by atoms with Crippen LogP contribution in [0, 0.1) is 0 Å². The summed E-state index contributed by atoms with van der Waals surface area (Å²) in [7, 11) is 0. The summed E-state index contributed by atoms with van der Waals surface area (Å²) in [6, 6.07) is 8.46. The highest BCUT2D eigenvalue weighted by Gasteiger charge is 2.37. The Kier molecular flexibility index (Phi) is 4.88. The van der Waals surface area contributed by atoms with Crippen molar-refractivity contribution in [2.75, 3.05) is 12.8 Å². The van der Waals surface area contributed by atoms with Gasteiger partial charge < -0.3 is 4.90 Å². The first kappa shape index (κ1) is 14.4. The minimum atomic E-state index is -0.0184. The maximum Gasteiger partial charge on any atom is 0.241 e. The Labute approximate surface area is 119 Å². The molecule has 0 radical (unpaired) electrons. The van der Waals surface area contributed by atoms with Gasteiger partial charge in [0.1, 0.15) is 6.17 Å². The molecule has 0 aromatic heterocycles. The molecule has 2 rings (SSSR count). The molecule has 1 heterocycles. The van der Waals surface area contributed by atoms with Gasteiger partial charge in [-0.15, -0.1) is 11.8 Å². The van der Waals surface area contributed by atoms with Crippen LogP contribution in [0.1, 0.15) is 38.4 Å². The van der Waals surface area contributed by atoms with Crippen LogP contribution in [-0.4, -0.2) is 29.6 Å². The Morgan fingerprint density at radius 1 is 1.26 bits per heavy atom. The van der Waals surface area contributed by atoms with E-state index in [4.69, 9.17) is 0 Å². The summed E-state index contributed by atoms with van der Waals surface area (Å²) in [4.78, 5) is 15.5. The molecule has 19 heavy (non-hydrogen) atoms. The lowest BCUT2D eigenvalue weighted by Gasteiger charge is -2.23. The lowest BCUT2D eigenvalue weighted by Crippen LogP contribution is -2.30. The zero-order valence-corrected chi connectivity index (χ0v) is 12.7. The van der Waals surface area contributed by atoms with E-state index in [2.05, 4.69) is 42.8 Å². The summed E-state index contributed by atoms with van der Waals surface area (Å²) in [6.45, 7) is 4.91. The molecule has 2 atom stereocenters. The molecule has 104 valence electrons. The number of hydrogen-bond acceptors (Lipinski definition) is 3. The highest BCUT2D eigenvalue weighted by molar-refractivity contribution is 7.98. The standard InChI is InChI=1S/C15H22N2OS/c1-4-6-13-15(18)17(5-2)14(16-13)11-7-9-12(19-3)10-8-11/h7-10,13-14,16H,4-6H2,1-3H3. The first-order valence-corrected chi connectivity index (χ1v) is 8.14. The molecule has 2 unspecified atom stereocenters. The molecule has 1 N–H and O–H groups in total. The van der Waals surface area contributed by atoms with Gasteiger partial charge in [0.15, 0.2) is 0 Å². The molecule has 1 aromatic rings. The Morgan fingerprint density at radius 2 is 1.95 bits per heavy atom. The molecule has 3 nitrogen and oxygen atoms in total. The molecule has 1 amide bonds. The smallest absolute Gasteiger partial charge is 0.241 e. The number of nitrogens with one attached hydrogen (secondary N) is 1. The van der Waals surface area contributed by atoms with Crippen LogP contribution in [0.15, 0.2) is 29.2 Å². The zero-order chi connectivity index (χ0) is 13.8. The SMILES string of the molecule is CCCC1NC(c2ccc(SC)cc2)N(CC)C1=O. The Bertz CT molecular complexity index is 432. The number of thioether (sulfide) groups is 1. The van der Waals surface area contributed by atoms with Crippen LogP contribution in [0.2, 0.25) is 0 Å². The molecule has 0 aliphatic carbocycles. The van der Waals surface area contributed by atoms with E-state index < -0.39 is 0 Å². The number of carbonyl (C=O) groups is 1. The first-order valence-electron chi connectivity index (χ1n) is 6.91. The van der Waals surface area contributed by atoms with E-state index in [9.17, 15) is 4.79 Å². The number of carbonyl (C=O) groups excluding carboxylic acids is 1. The van der Waals surface area contributed by atoms with Gasteiger partial charge in [0.2, 0.25) is 5.91 Å². The fraction of sp³-hybridized carbons (Fsp3) is 0.533. The van der Waals surface area contributed by atoms with Crippen molar-refractivity contribution in [2.24, 2.45) is 0 Å². The summed E-state index contributed by atoms with van der Waals surface area (Å²) in [6.07, 6.45) is 4.04. The maximum absolute atomic E-state index is 12.3. The largest absolute Gasteiger partial charge is 0.322 e. The number of benzene rings is 1. The van der Waals surface area contributed by atoms with Gasteiger partial charge in [0.25, 0.3) is 0 Å². The normalized spacial score (nSPS) is 23.1. The summed E-state index contributed by atoms with van der Waals surface area (Å²) < 4.78 is 0. The van der Waals surface area contributed by atoms with E-state index in [0.717, 1.165) is 19.4 Å². The number of rotatable bonds is 5. The number of hydrogen-bond donors (Lipinski definition) is 1. The molecule has 1 aromatic carbocycles. The van der Waals surface area contributed by atoms with Crippen LogP contribution in [0.5, 0.6) is 0 Å². The van der Waals surface area contributed by atoms with E-state index >= 15 is 0 Å². The fourth-order valence-corrected chi connectivity index (χ4v) is 2.98. The van der Waals surface area contributed by atoms with Crippen molar-refractivity contribution in [3.63, 3.8) is 0 Å². The second-order valence-corrected chi connectivity index (χ2v) is 5.69. The van der Waals surface area contributed by atoms with Gasteiger partial charge in [-0.3, -0.25) is 10.1 Å². The van der Waals surface area contributed by atoms with Crippen LogP contribution in [0.4, 0.5) is 0 Å². The highest BCUT2D eigenvalue weighted by atomic mass is 32.2. The second-order valence-electron chi connectivity index (χ2n) is 4.81. The Hall–Kier alpha value is -1.00. The third-order valence-electron chi connectivity index (χ3n) is 3.60. The number of nitrogens with zero attached hydrogens (tertiary/aromatic N) is 1. The number of likely N-dealkylation sites (N-methyl/N-ethyl adjacent to an activating group) is 1. The molecule has 0 spiro atoms. The topological polar surface area (TPSA) is 32.3 Å². The second kappa shape index (κ2) is 6.44. The first-order chi connectivity index (χ1) is 9.21. The number of amides is 1. The van der Waals surface area contributed by atoms with E-state index in [0.29, 0.717) is 0 Å². The minimum Gasteiger partial charge on any atom is -0.322 e. The summed E-state index contributed by atoms with van der Waals surface area (Å²) in [5.41, 5.74) is 1.17. The van der Waals surface area contributed by atoms with Crippen molar-refractivity contribution in [3.05, 3.63) is 29.8 Å². The predicted molar refractivity (Wildman–Crippen MR) is 80.2 cm³/mol. The van der Waals surface area contributed by atoms with E-state index in [1.807, 2.05) is 11.8 Å². The third-order valence-corrected chi connectivity index (χ3v) is 4.35. The molecule has 4 heteroatoms. The summed E-state index contributed by atoms with van der Waals surface area (Å²) in [5.74, 6) is 0.239. The zero-order valence-electron chi connectivity index (χ0n) is 11.8. The van der Waals surface area contributed by atoms with Crippen LogP contribution in [0.3, 0.4) is 0 Å².